The first-order valence-electron chi connectivity index (χ1n) is 6.77. The zero-order chi connectivity index (χ0) is 16.5. The van der Waals surface area contributed by atoms with Crippen LogP contribution >= 0.6 is 0 Å². The molecule has 6 heteroatoms. The van der Waals surface area contributed by atoms with Gasteiger partial charge in [-0.1, -0.05) is 19.6 Å². The monoisotopic (exact) mass is 308 g/mol. The summed E-state index contributed by atoms with van der Waals surface area (Å²) in [5.41, 5.74) is 0.255. The molecule has 1 aromatic carbocycles. The molecule has 0 heterocycles. The van der Waals surface area contributed by atoms with Crippen LogP contribution < -0.4 is 9.47 Å². The molecule has 0 fully saturated rings. The summed E-state index contributed by atoms with van der Waals surface area (Å²) in [6.07, 6.45) is 1.00. The van der Waals surface area contributed by atoms with Crippen molar-refractivity contribution in [1.82, 2.24) is 0 Å². The van der Waals surface area contributed by atoms with Crippen molar-refractivity contribution in [2.75, 3.05) is 20.8 Å². The van der Waals surface area contributed by atoms with Crippen molar-refractivity contribution < 1.29 is 28.5 Å². The van der Waals surface area contributed by atoms with Gasteiger partial charge in [-0.25, -0.2) is 9.59 Å². The molecule has 0 radical (unpaired) electrons. The Morgan fingerprint density at radius 1 is 1.27 bits per heavy atom. The average Bonchev–Trinajstić information content (AvgIpc) is 2.56. The smallest absolute Gasteiger partial charge is 0.347 e. The van der Waals surface area contributed by atoms with Gasteiger partial charge >= 0.3 is 11.9 Å². The summed E-state index contributed by atoms with van der Waals surface area (Å²) in [5, 5.41) is 0. The van der Waals surface area contributed by atoms with Crippen LogP contribution in [-0.4, -0.2) is 38.9 Å². The number of benzene rings is 1. The highest BCUT2D eigenvalue weighted by atomic mass is 16.6. The van der Waals surface area contributed by atoms with Gasteiger partial charge in [-0.3, -0.25) is 0 Å². The van der Waals surface area contributed by atoms with Crippen molar-refractivity contribution in [3.63, 3.8) is 0 Å². The lowest BCUT2D eigenvalue weighted by Crippen LogP contribution is -2.27. The fourth-order valence-electron chi connectivity index (χ4n) is 1.69. The zero-order valence-corrected chi connectivity index (χ0v) is 13.0. The highest BCUT2D eigenvalue weighted by Gasteiger charge is 2.23. The molecule has 120 valence electrons. The molecule has 22 heavy (non-hydrogen) atoms. The van der Waals surface area contributed by atoms with Crippen LogP contribution in [0.3, 0.4) is 0 Å². The van der Waals surface area contributed by atoms with Gasteiger partial charge in [0.2, 0.25) is 0 Å². The van der Waals surface area contributed by atoms with E-state index in [9.17, 15) is 9.59 Å². The van der Waals surface area contributed by atoms with E-state index in [1.54, 1.807) is 19.1 Å². The van der Waals surface area contributed by atoms with Gasteiger partial charge in [0.05, 0.1) is 19.8 Å². The standard InChI is InChI=1S/C16H20O6/c1-5-9-21-13-8-7-11(10-14(13)19-3)15(17)22-12(6-2)16(18)20-4/h5,7-8,10,12H,1,6,9H2,2-4H3/t12-/m1/s1. The lowest BCUT2D eigenvalue weighted by atomic mass is 10.2. The van der Waals surface area contributed by atoms with Crippen LogP contribution in [0.2, 0.25) is 0 Å². The summed E-state index contributed by atoms with van der Waals surface area (Å²) in [7, 11) is 2.71. The summed E-state index contributed by atoms with van der Waals surface area (Å²) < 4.78 is 20.3. The molecule has 0 aliphatic rings. The summed E-state index contributed by atoms with van der Waals surface area (Å²) in [4.78, 5) is 23.5. The molecule has 0 aliphatic carbocycles. The third-order valence-electron chi connectivity index (χ3n) is 2.84. The first-order chi connectivity index (χ1) is 10.6. The molecular weight excluding hydrogens is 288 g/mol. The number of rotatable bonds is 8. The molecule has 1 rings (SSSR count). The highest BCUT2D eigenvalue weighted by Crippen LogP contribution is 2.28. The zero-order valence-electron chi connectivity index (χ0n) is 13.0. The predicted molar refractivity (Wildman–Crippen MR) is 80.2 cm³/mol. The molecule has 0 bridgehead atoms. The fraction of sp³-hybridized carbons (Fsp3) is 0.375. The summed E-state index contributed by atoms with van der Waals surface area (Å²) in [6, 6.07) is 4.62. The van der Waals surface area contributed by atoms with E-state index in [0.717, 1.165) is 0 Å². The van der Waals surface area contributed by atoms with Gasteiger partial charge in [0, 0.05) is 0 Å². The van der Waals surface area contributed by atoms with Crippen LogP contribution in [0.15, 0.2) is 30.9 Å². The molecule has 0 aliphatic heterocycles. The van der Waals surface area contributed by atoms with E-state index in [2.05, 4.69) is 11.3 Å². The molecule has 0 N–H and O–H groups in total. The summed E-state index contributed by atoms with van der Waals surface area (Å²) >= 11 is 0. The van der Waals surface area contributed by atoms with Gasteiger partial charge in [-0.05, 0) is 24.6 Å². The fourth-order valence-corrected chi connectivity index (χ4v) is 1.69. The number of hydrogen-bond donors (Lipinski definition) is 0. The van der Waals surface area contributed by atoms with Crippen molar-refractivity contribution in [2.24, 2.45) is 0 Å². The van der Waals surface area contributed by atoms with Crippen LogP contribution in [0.25, 0.3) is 0 Å². The summed E-state index contributed by atoms with van der Waals surface area (Å²) in [5.74, 6) is -0.346. The average molecular weight is 308 g/mol. The van der Waals surface area contributed by atoms with Crippen molar-refractivity contribution in [1.29, 1.82) is 0 Å². The molecule has 1 atom stereocenters. The van der Waals surface area contributed by atoms with Crippen LogP contribution in [0.5, 0.6) is 11.5 Å². The quantitative estimate of drug-likeness (QED) is 0.542. The predicted octanol–water partition coefficient (Wildman–Crippen LogP) is 2.37. The van der Waals surface area contributed by atoms with E-state index in [-0.39, 0.29) is 5.56 Å². The second-order valence-electron chi connectivity index (χ2n) is 4.29. The highest BCUT2D eigenvalue weighted by molar-refractivity contribution is 5.92. The van der Waals surface area contributed by atoms with Gasteiger partial charge in [0.1, 0.15) is 6.61 Å². The van der Waals surface area contributed by atoms with Crippen LogP contribution in [-0.2, 0) is 14.3 Å². The molecule has 0 aromatic heterocycles. The maximum atomic E-state index is 12.1. The lowest BCUT2D eigenvalue weighted by molar-refractivity contribution is -0.151. The van der Waals surface area contributed by atoms with Crippen LogP contribution in [0, 0.1) is 0 Å². The Kier molecular flexibility index (Phi) is 6.95. The minimum atomic E-state index is -0.930. The number of ether oxygens (including phenoxy) is 4. The number of esters is 2. The Morgan fingerprint density at radius 3 is 2.55 bits per heavy atom. The Balaban J connectivity index is 2.89. The molecule has 0 saturated carbocycles. The molecule has 0 unspecified atom stereocenters. The van der Waals surface area contributed by atoms with Crippen molar-refractivity contribution in [3.8, 4) is 11.5 Å². The number of hydrogen-bond acceptors (Lipinski definition) is 6. The van der Waals surface area contributed by atoms with Crippen LogP contribution in [0.1, 0.15) is 23.7 Å². The number of carbonyl (C=O) groups is 2. The molecular formula is C16H20O6. The normalized spacial score (nSPS) is 11.2. The van der Waals surface area contributed by atoms with Crippen molar-refractivity contribution in [3.05, 3.63) is 36.4 Å². The Bertz CT molecular complexity index is 537. The topological polar surface area (TPSA) is 71.1 Å². The van der Waals surface area contributed by atoms with Crippen LogP contribution in [0.4, 0.5) is 0 Å². The third-order valence-corrected chi connectivity index (χ3v) is 2.84. The lowest BCUT2D eigenvalue weighted by Gasteiger charge is -2.15. The largest absolute Gasteiger partial charge is 0.493 e. The number of methoxy groups -OCH3 is 2. The van der Waals surface area contributed by atoms with Crippen molar-refractivity contribution in [2.45, 2.75) is 19.4 Å². The van der Waals surface area contributed by atoms with Gasteiger partial charge < -0.3 is 18.9 Å². The SMILES string of the molecule is C=CCOc1ccc(C(=O)O[C@H](CC)C(=O)OC)cc1OC. The van der Waals surface area contributed by atoms with E-state index in [1.165, 1.54) is 26.4 Å². The van der Waals surface area contributed by atoms with E-state index in [4.69, 9.17) is 14.2 Å². The molecule has 0 amide bonds. The van der Waals surface area contributed by atoms with E-state index >= 15 is 0 Å². The second kappa shape index (κ2) is 8.71. The van der Waals surface area contributed by atoms with Gasteiger partial charge in [-0.2, -0.15) is 0 Å². The third kappa shape index (κ3) is 4.51. The van der Waals surface area contributed by atoms with Gasteiger partial charge in [0.25, 0.3) is 0 Å². The van der Waals surface area contributed by atoms with E-state index in [1.807, 2.05) is 0 Å². The number of carbonyl (C=O) groups excluding carboxylic acids is 2. The first-order valence-corrected chi connectivity index (χ1v) is 6.77. The Labute approximate surface area is 129 Å². The van der Waals surface area contributed by atoms with E-state index < -0.39 is 18.0 Å². The first kappa shape index (κ1) is 17.6. The van der Waals surface area contributed by atoms with E-state index in [0.29, 0.717) is 24.5 Å². The second-order valence-corrected chi connectivity index (χ2v) is 4.29. The Morgan fingerprint density at radius 2 is 2.00 bits per heavy atom. The van der Waals surface area contributed by atoms with Gasteiger partial charge in [-0.15, -0.1) is 0 Å². The minimum absolute atomic E-state index is 0.255. The molecule has 0 spiro atoms. The maximum Gasteiger partial charge on any atom is 0.347 e. The minimum Gasteiger partial charge on any atom is -0.493 e. The Hall–Kier alpha value is -2.50. The van der Waals surface area contributed by atoms with Crippen molar-refractivity contribution >= 4 is 11.9 Å². The maximum absolute atomic E-state index is 12.1. The molecule has 1 aromatic rings. The summed E-state index contributed by atoms with van der Waals surface area (Å²) in [6.45, 7) is 5.60. The molecule has 0 saturated heterocycles. The van der Waals surface area contributed by atoms with Gasteiger partial charge in [0.15, 0.2) is 17.6 Å². The molecule has 6 nitrogen and oxygen atoms in total.